The lowest BCUT2D eigenvalue weighted by atomic mass is 10.1. The van der Waals surface area contributed by atoms with E-state index in [1.807, 2.05) is 24.3 Å². The average molecular weight is 259 g/mol. The van der Waals surface area contributed by atoms with Crippen molar-refractivity contribution < 1.29 is 4.74 Å². The first kappa shape index (κ1) is 13.3. The number of aromatic nitrogens is 2. The number of hydrogen-bond acceptors (Lipinski definition) is 4. The molecule has 2 rings (SSSR count). The minimum Gasteiger partial charge on any atom is -0.380 e. The molecule has 0 amide bonds. The molecule has 0 saturated carbocycles. The molecule has 100 valence electrons. The van der Waals surface area contributed by atoms with E-state index in [0.29, 0.717) is 19.0 Å². The molecule has 0 unspecified atom stereocenters. The van der Waals surface area contributed by atoms with Gasteiger partial charge in [-0.15, -0.1) is 0 Å². The molecule has 0 radical (unpaired) electrons. The van der Waals surface area contributed by atoms with E-state index in [4.69, 9.17) is 4.74 Å². The Morgan fingerprint density at radius 2 is 2.05 bits per heavy atom. The first-order chi connectivity index (χ1) is 9.22. The molecule has 19 heavy (non-hydrogen) atoms. The van der Waals surface area contributed by atoms with E-state index >= 15 is 0 Å². The van der Waals surface area contributed by atoms with Crippen LogP contribution in [0.2, 0.25) is 0 Å². The van der Waals surface area contributed by atoms with Crippen molar-refractivity contribution in [2.24, 2.45) is 7.05 Å². The van der Waals surface area contributed by atoms with E-state index in [-0.39, 0.29) is 5.56 Å². The molecule has 0 aliphatic heterocycles. The molecular formula is C14H17N3O2. The molecule has 1 N–H and O–H groups in total. The fourth-order valence-electron chi connectivity index (χ4n) is 1.82. The van der Waals surface area contributed by atoms with Crippen molar-refractivity contribution in [1.82, 2.24) is 9.55 Å². The number of ether oxygens (including phenoxy) is 1. The van der Waals surface area contributed by atoms with Crippen LogP contribution in [0.25, 0.3) is 0 Å². The molecule has 5 nitrogen and oxygen atoms in total. The second-order valence-electron chi connectivity index (χ2n) is 4.25. The predicted molar refractivity (Wildman–Crippen MR) is 74.0 cm³/mol. The van der Waals surface area contributed by atoms with Gasteiger partial charge in [0.2, 0.25) is 0 Å². The molecule has 0 saturated heterocycles. The lowest BCUT2D eigenvalue weighted by molar-refractivity contribution is 0.184. The number of nitrogens with zero attached hydrogens (tertiary/aromatic N) is 2. The summed E-state index contributed by atoms with van der Waals surface area (Å²) in [5, 5.41) is 3.07. The fourth-order valence-corrected chi connectivity index (χ4v) is 1.82. The Balaban J connectivity index is 2.14. The normalized spacial score (nSPS) is 10.4. The van der Waals surface area contributed by atoms with Crippen LogP contribution in [-0.2, 0) is 24.9 Å². The summed E-state index contributed by atoms with van der Waals surface area (Å²) in [5.74, 6) is 0.359. The van der Waals surface area contributed by atoms with Crippen LogP contribution < -0.4 is 10.9 Å². The van der Waals surface area contributed by atoms with Crippen LogP contribution in [0.1, 0.15) is 11.1 Å². The zero-order chi connectivity index (χ0) is 13.7. The summed E-state index contributed by atoms with van der Waals surface area (Å²) in [6, 6.07) is 7.95. The third-order valence-electron chi connectivity index (χ3n) is 2.88. The van der Waals surface area contributed by atoms with Crippen LogP contribution >= 0.6 is 0 Å². The van der Waals surface area contributed by atoms with Gasteiger partial charge in [0, 0.05) is 33.1 Å². The molecule has 0 spiro atoms. The van der Waals surface area contributed by atoms with Crippen molar-refractivity contribution in [3.8, 4) is 0 Å². The Morgan fingerprint density at radius 3 is 2.79 bits per heavy atom. The summed E-state index contributed by atoms with van der Waals surface area (Å²) < 4.78 is 6.65. The van der Waals surface area contributed by atoms with Gasteiger partial charge in [0.15, 0.2) is 5.82 Å². The number of methoxy groups -OCH3 is 1. The first-order valence-electron chi connectivity index (χ1n) is 6.03. The molecule has 0 fully saturated rings. The maximum Gasteiger partial charge on any atom is 0.293 e. The average Bonchev–Trinajstić information content (AvgIpc) is 2.42. The van der Waals surface area contributed by atoms with Crippen molar-refractivity contribution >= 4 is 5.82 Å². The van der Waals surface area contributed by atoms with Gasteiger partial charge < -0.3 is 14.6 Å². The van der Waals surface area contributed by atoms with Gasteiger partial charge in [-0.25, -0.2) is 4.98 Å². The third-order valence-corrected chi connectivity index (χ3v) is 2.88. The van der Waals surface area contributed by atoms with E-state index in [0.717, 1.165) is 11.1 Å². The van der Waals surface area contributed by atoms with Gasteiger partial charge in [-0.05, 0) is 11.1 Å². The summed E-state index contributed by atoms with van der Waals surface area (Å²) in [4.78, 5) is 15.9. The van der Waals surface area contributed by atoms with Crippen LogP contribution in [-0.4, -0.2) is 16.7 Å². The monoisotopic (exact) mass is 259 g/mol. The smallest absolute Gasteiger partial charge is 0.293 e. The summed E-state index contributed by atoms with van der Waals surface area (Å²) in [5.41, 5.74) is 2.06. The van der Waals surface area contributed by atoms with Gasteiger partial charge in [-0.3, -0.25) is 4.79 Å². The van der Waals surface area contributed by atoms with Gasteiger partial charge in [-0.2, -0.15) is 0 Å². The quantitative estimate of drug-likeness (QED) is 0.885. The molecular weight excluding hydrogens is 242 g/mol. The Hall–Kier alpha value is -2.14. The SMILES string of the molecule is COCc1ccccc1CNc1nccn(C)c1=O. The Morgan fingerprint density at radius 1 is 1.32 bits per heavy atom. The summed E-state index contributed by atoms with van der Waals surface area (Å²) >= 11 is 0. The lowest BCUT2D eigenvalue weighted by Gasteiger charge is -2.10. The second-order valence-corrected chi connectivity index (χ2v) is 4.25. The van der Waals surface area contributed by atoms with E-state index in [9.17, 15) is 4.79 Å². The number of aryl methyl sites for hydroxylation is 1. The second kappa shape index (κ2) is 6.15. The van der Waals surface area contributed by atoms with Crippen molar-refractivity contribution in [2.45, 2.75) is 13.2 Å². The highest BCUT2D eigenvalue weighted by atomic mass is 16.5. The van der Waals surface area contributed by atoms with E-state index in [2.05, 4.69) is 10.3 Å². The van der Waals surface area contributed by atoms with Crippen molar-refractivity contribution in [3.05, 3.63) is 58.1 Å². The Kier molecular flexibility index (Phi) is 4.30. The van der Waals surface area contributed by atoms with Gasteiger partial charge in [-0.1, -0.05) is 24.3 Å². The van der Waals surface area contributed by atoms with Gasteiger partial charge >= 0.3 is 0 Å². The zero-order valence-corrected chi connectivity index (χ0v) is 11.1. The number of nitrogens with one attached hydrogen (secondary N) is 1. The molecule has 2 aromatic rings. The zero-order valence-electron chi connectivity index (χ0n) is 11.1. The highest BCUT2D eigenvalue weighted by molar-refractivity contribution is 5.35. The summed E-state index contributed by atoms with van der Waals surface area (Å²) in [6.45, 7) is 1.10. The number of anilines is 1. The fraction of sp³-hybridized carbons (Fsp3) is 0.286. The maximum atomic E-state index is 11.8. The lowest BCUT2D eigenvalue weighted by Crippen LogP contribution is -2.22. The largest absolute Gasteiger partial charge is 0.380 e. The Bertz CT molecular complexity index is 608. The standard InChI is InChI=1S/C14H17N3O2/c1-17-8-7-15-13(14(17)18)16-9-11-5-3-4-6-12(11)10-19-2/h3-8H,9-10H2,1-2H3,(H,15,16). The first-order valence-corrected chi connectivity index (χ1v) is 6.03. The molecule has 1 aromatic heterocycles. The maximum absolute atomic E-state index is 11.8. The highest BCUT2D eigenvalue weighted by Gasteiger charge is 2.04. The van der Waals surface area contributed by atoms with Crippen molar-refractivity contribution in [1.29, 1.82) is 0 Å². The van der Waals surface area contributed by atoms with Gasteiger partial charge in [0.05, 0.1) is 6.61 Å². The minimum atomic E-state index is -0.133. The molecule has 0 aliphatic rings. The van der Waals surface area contributed by atoms with Crippen LogP contribution in [0.15, 0.2) is 41.5 Å². The molecule has 5 heteroatoms. The van der Waals surface area contributed by atoms with Crippen molar-refractivity contribution in [3.63, 3.8) is 0 Å². The molecule has 1 heterocycles. The van der Waals surface area contributed by atoms with E-state index in [1.54, 1.807) is 26.6 Å². The summed E-state index contributed by atoms with van der Waals surface area (Å²) in [6.07, 6.45) is 3.23. The predicted octanol–water partition coefficient (Wildman–Crippen LogP) is 1.54. The van der Waals surface area contributed by atoms with Gasteiger partial charge in [0.1, 0.15) is 0 Å². The molecule has 0 atom stereocenters. The number of rotatable bonds is 5. The van der Waals surface area contributed by atoms with E-state index in [1.165, 1.54) is 4.57 Å². The number of benzene rings is 1. The third kappa shape index (κ3) is 3.20. The Labute approximate surface area is 111 Å². The van der Waals surface area contributed by atoms with Crippen LogP contribution in [0.4, 0.5) is 5.82 Å². The van der Waals surface area contributed by atoms with E-state index < -0.39 is 0 Å². The molecule has 0 aliphatic carbocycles. The molecule has 1 aromatic carbocycles. The topological polar surface area (TPSA) is 56.1 Å². The van der Waals surface area contributed by atoms with Crippen LogP contribution in [0.5, 0.6) is 0 Å². The van der Waals surface area contributed by atoms with Crippen LogP contribution in [0, 0.1) is 0 Å². The highest BCUT2D eigenvalue weighted by Crippen LogP contribution is 2.11. The number of hydrogen-bond donors (Lipinski definition) is 1. The summed E-state index contributed by atoms with van der Waals surface area (Å²) in [7, 11) is 3.37. The van der Waals surface area contributed by atoms with Crippen LogP contribution in [0.3, 0.4) is 0 Å². The minimum absolute atomic E-state index is 0.133. The molecule has 0 bridgehead atoms. The van der Waals surface area contributed by atoms with Gasteiger partial charge in [0.25, 0.3) is 5.56 Å². The van der Waals surface area contributed by atoms with Crippen molar-refractivity contribution in [2.75, 3.05) is 12.4 Å².